The number of aliphatic hydroxyl groups is 1. The maximum Gasteiger partial charge on any atom is 0.248 e. The topological polar surface area (TPSA) is 38.7 Å². The Morgan fingerprint density at radius 2 is 1.83 bits per heavy atom. The summed E-state index contributed by atoms with van der Waals surface area (Å²) in [7, 11) is 0. The molecular weight excluding hydrogens is 242 g/mol. The average molecular weight is 262 g/mol. The molecule has 104 valence electrons. The Balaban J connectivity index is 1.79. The van der Waals surface area contributed by atoms with E-state index in [2.05, 4.69) is 0 Å². The Kier molecular flexibility index (Phi) is 3.11. The summed E-state index contributed by atoms with van der Waals surface area (Å²) in [4.78, 5) is 0. The molecule has 3 nitrogen and oxygen atoms in total. The summed E-state index contributed by atoms with van der Waals surface area (Å²) in [6, 6.07) is 0. The third-order valence-electron chi connectivity index (χ3n) is 4.81. The standard InChI is InChI=1S/C13H20F2O3/c14-12(15)2-1-11-9(5-12)6-13(7-10(11)8-16)17-3-4-18-13/h9-11,16H,1-8H2. The summed E-state index contributed by atoms with van der Waals surface area (Å²) in [5.41, 5.74) is 0. The van der Waals surface area contributed by atoms with Gasteiger partial charge in [0, 0.05) is 32.3 Å². The highest BCUT2D eigenvalue weighted by Crippen LogP contribution is 2.53. The molecule has 2 aliphatic carbocycles. The van der Waals surface area contributed by atoms with E-state index in [-0.39, 0.29) is 37.2 Å². The van der Waals surface area contributed by atoms with Gasteiger partial charge in [0.2, 0.25) is 5.92 Å². The Morgan fingerprint density at radius 3 is 2.50 bits per heavy atom. The van der Waals surface area contributed by atoms with Gasteiger partial charge in [-0.1, -0.05) is 0 Å². The molecule has 3 unspecified atom stereocenters. The first kappa shape index (κ1) is 12.8. The van der Waals surface area contributed by atoms with Crippen LogP contribution >= 0.6 is 0 Å². The van der Waals surface area contributed by atoms with Crippen LogP contribution in [0.4, 0.5) is 8.78 Å². The first-order valence-electron chi connectivity index (χ1n) is 6.80. The van der Waals surface area contributed by atoms with Crippen LogP contribution in [0.25, 0.3) is 0 Å². The van der Waals surface area contributed by atoms with Gasteiger partial charge in [-0.3, -0.25) is 0 Å². The summed E-state index contributed by atoms with van der Waals surface area (Å²) in [6.45, 7) is 1.11. The van der Waals surface area contributed by atoms with Crippen molar-refractivity contribution < 1.29 is 23.4 Å². The van der Waals surface area contributed by atoms with Gasteiger partial charge in [0.1, 0.15) is 0 Å². The predicted molar refractivity (Wildman–Crippen MR) is 60.2 cm³/mol. The van der Waals surface area contributed by atoms with Crippen LogP contribution < -0.4 is 0 Å². The fourth-order valence-electron chi connectivity index (χ4n) is 4.06. The van der Waals surface area contributed by atoms with Gasteiger partial charge in [-0.05, 0) is 24.2 Å². The fourth-order valence-corrected chi connectivity index (χ4v) is 4.06. The number of halogens is 2. The van der Waals surface area contributed by atoms with Crippen LogP contribution in [0.1, 0.15) is 32.1 Å². The molecule has 2 saturated carbocycles. The second kappa shape index (κ2) is 4.39. The molecule has 1 N–H and O–H groups in total. The van der Waals surface area contributed by atoms with E-state index in [1.165, 1.54) is 0 Å². The molecule has 18 heavy (non-hydrogen) atoms. The van der Waals surface area contributed by atoms with E-state index in [1.54, 1.807) is 0 Å². The molecular formula is C13H20F2O3. The van der Waals surface area contributed by atoms with Gasteiger partial charge in [0.15, 0.2) is 5.79 Å². The van der Waals surface area contributed by atoms with E-state index in [0.29, 0.717) is 32.5 Å². The Labute approximate surface area is 105 Å². The Bertz CT molecular complexity index is 315. The van der Waals surface area contributed by atoms with E-state index in [1.807, 2.05) is 0 Å². The SMILES string of the molecule is OCC1CC2(CC3CC(F)(F)CCC13)OCCO2. The van der Waals surface area contributed by atoms with Crippen LogP contribution in [0.2, 0.25) is 0 Å². The molecule has 0 aromatic heterocycles. The maximum atomic E-state index is 13.5. The molecule has 1 spiro atoms. The molecule has 1 aliphatic heterocycles. The highest BCUT2D eigenvalue weighted by atomic mass is 19.3. The number of ether oxygens (including phenoxy) is 2. The van der Waals surface area contributed by atoms with Gasteiger partial charge < -0.3 is 14.6 Å². The van der Waals surface area contributed by atoms with Crippen molar-refractivity contribution in [2.45, 2.75) is 43.8 Å². The quantitative estimate of drug-likeness (QED) is 0.787. The molecule has 0 aromatic rings. The Hall–Kier alpha value is -0.260. The van der Waals surface area contributed by atoms with Crippen molar-refractivity contribution in [1.82, 2.24) is 0 Å². The predicted octanol–water partition coefficient (Wildman–Crippen LogP) is 2.18. The van der Waals surface area contributed by atoms with Crippen LogP contribution in [0.3, 0.4) is 0 Å². The molecule has 0 radical (unpaired) electrons. The van der Waals surface area contributed by atoms with Crippen molar-refractivity contribution in [3.05, 3.63) is 0 Å². The van der Waals surface area contributed by atoms with E-state index < -0.39 is 11.7 Å². The largest absolute Gasteiger partial charge is 0.396 e. The van der Waals surface area contributed by atoms with Gasteiger partial charge >= 0.3 is 0 Å². The van der Waals surface area contributed by atoms with Gasteiger partial charge in [-0.25, -0.2) is 8.78 Å². The molecule has 0 aromatic carbocycles. The number of hydrogen-bond donors (Lipinski definition) is 1. The normalized spacial score (nSPS) is 41.8. The highest BCUT2D eigenvalue weighted by molar-refractivity contribution is 4.97. The second-order valence-electron chi connectivity index (χ2n) is 5.98. The van der Waals surface area contributed by atoms with Gasteiger partial charge in [0.05, 0.1) is 13.2 Å². The van der Waals surface area contributed by atoms with Crippen molar-refractivity contribution in [3.8, 4) is 0 Å². The summed E-state index contributed by atoms with van der Waals surface area (Å²) >= 11 is 0. The van der Waals surface area contributed by atoms with E-state index in [9.17, 15) is 13.9 Å². The third-order valence-corrected chi connectivity index (χ3v) is 4.81. The molecule has 3 atom stereocenters. The van der Waals surface area contributed by atoms with E-state index >= 15 is 0 Å². The maximum absolute atomic E-state index is 13.5. The highest BCUT2D eigenvalue weighted by Gasteiger charge is 2.53. The van der Waals surface area contributed by atoms with Crippen LogP contribution in [0.15, 0.2) is 0 Å². The summed E-state index contributed by atoms with van der Waals surface area (Å²) in [6.07, 6.45) is 1.60. The van der Waals surface area contributed by atoms with Crippen molar-refractivity contribution >= 4 is 0 Å². The van der Waals surface area contributed by atoms with E-state index in [4.69, 9.17) is 9.47 Å². The number of rotatable bonds is 1. The minimum Gasteiger partial charge on any atom is -0.396 e. The first-order chi connectivity index (χ1) is 8.54. The molecule has 0 amide bonds. The molecule has 3 aliphatic rings. The lowest BCUT2D eigenvalue weighted by atomic mass is 9.63. The van der Waals surface area contributed by atoms with E-state index in [0.717, 1.165) is 0 Å². The van der Waals surface area contributed by atoms with Crippen LogP contribution in [0.5, 0.6) is 0 Å². The number of aliphatic hydroxyl groups excluding tert-OH is 1. The fraction of sp³-hybridized carbons (Fsp3) is 1.00. The van der Waals surface area contributed by atoms with Gasteiger partial charge in [0.25, 0.3) is 0 Å². The van der Waals surface area contributed by atoms with Crippen LogP contribution in [-0.2, 0) is 9.47 Å². The summed E-state index contributed by atoms with van der Waals surface area (Å²) in [5, 5.41) is 9.51. The second-order valence-corrected chi connectivity index (χ2v) is 5.98. The zero-order chi connectivity index (χ0) is 12.8. The zero-order valence-corrected chi connectivity index (χ0v) is 10.4. The Morgan fingerprint density at radius 1 is 1.11 bits per heavy atom. The molecule has 3 fully saturated rings. The first-order valence-corrected chi connectivity index (χ1v) is 6.80. The summed E-state index contributed by atoms with van der Waals surface area (Å²) in [5.74, 6) is -3.09. The van der Waals surface area contributed by atoms with Crippen LogP contribution in [-0.4, -0.2) is 36.6 Å². The van der Waals surface area contributed by atoms with Crippen molar-refractivity contribution in [2.24, 2.45) is 17.8 Å². The van der Waals surface area contributed by atoms with Crippen LogP contribution in [0, 0.1) is 17.8 Å². The minimum absolute atomic E-state index is 0.0398. The minimum atomic E-state index is -2.56. The van der Waals surface area contributed by atoms with Crippen molar-refractivity contribution in [2.75, 3.05) is 19.8 Å². The zero-order valence-electron chi connectivity index (χ0n) is 10.4. The monoisotopic (exact) mass is 262 g/mol. The number of fused-ring (bicyclic) bond motifs is 1. The number of hydrogen-bond acceptors (Lipinski definition) is 3. The molecule has 5 heteroatoms. The molecule has 1 heterocycles. The van der Waals surface area contributed by atoms with Crippen molar-refractivity contribution in [3.63, 3.8) is 0 Å². The lowest BCUT2D eigenvalue weighted by Gasteiger charge is -2.49. The molecule has 1 saturated heterocycles. The lowest BCUT2D eigenvalue weighted by Crippen LogP contribution is -2.49. The molecule has 3 rings (SSSR count). The third kappa shape index (κ3) is 2.17. The number of alkyl halides is 2. The smallest absolute Gasteiger partial charge is 0.248 e. The van der Waals surface area contributed by atoms with Crippen molar-refractivity contribution in [1.29, 1.82) is 0 Å². The van der Waals surface area contributed by atoms with Gasteiger partial charge in [-0.15, -0.1) is 0 Å². The lowest BCUT2D eigenvalue weighted by molar-refractivity contribution is -0.227. The summed E-state index contributed by atoms with van der Waals surface area (Å²) < 4.78 is 38.4. The molecule has 0 bridgehead atoms. The average Bonchev–Trinajstić information content (AvgIpc) is 2.74. The van der Waals surface area contributed by atoms with Gasteiger partial charge in [-0.2, -0.15) is 0 Å².